The van der Waals surface area contributed by atoms with E-state index in [1.807, 2.05) is 19.0 Å². The highest BCUT2D eigenvalue weighted by atomic mass is 19.4. The van der Waals surface area contributed by atoms with E-state index in [0.717, 1.165) is 25.1 Å². The molecule has 3 aromatic rings. The molecule has 2 amide bonds. The Morgan fingerprint density at radius 2 is 1.69 bits per heavy atom. The minimum atomic E-state index is -4.70. The van der Waals surface area contributed by atoms with Crippen LogP contribution in [0.4, 0.5) is 23.2 Å². The Labute approximate surface area is 283 Å². The van der Waals surface area contributed by atoms with Crippen molar-refractivity contribution in [3.63, 3.8) is 0 Å². The number of benzene rings is 3. The van der Waals surface area contributed by atoms with Gasteiger partial charge in [-0.25, -0.2) is 9.38 Å². The summed E-state index contributed by atoms with van der Waals surface area (Å²) in [6.07, 6.45) is -0.979. The molecule has 3 N–H and O–H groups in total. The molecule has 49 heavy (non-hydrogen) atoms. The van der Waals surface area contributed by atoms with Gasteiger partial charge >= 0.3 is 6.18 Å². The number of halogens is 4. The largest absolute Gasteiger partial charge is 0.416 e. The number of amidine groups is 1. The van der Waals surface area contributed by atoms with E-state index in [1.165, 1.54) is 40.1 Å². The summed E-state index contributed by atoms with van der Waals surface area (Å²) in [6.45, 7) is 3.00. The van der Waals surface area contributed by atoms with Crippen LogP contribution in [-0.2, 0) is 11.0 Å². The normalized spacial score (nSPS) is 18.4. The molecule has 0 aromatic heterocycles. The molecule has 1 saturated heterocycles. The summed E-state index contributed by atoms with van der Waals surface area (Å²) >= 11 is 0. The number of likely N-dealkylation sites (tertiary alicyclic amines) is 1. The number of nitrogens with one attached hydrogen (secondary N) is 1. The number of nitrogens with zero attached hydrogens (tertiary/aromatic N) is 5. The predicted octanol–water partition coefficient (Wildman–Crippen LogP) is 5.66. The average molecular weight is 678 g/mol. The number of carbonyl (C=O) groups is 2. The van der Waals surface area contributed by atoms with E-state index in [4.69, 9.17) is 10.7 Å². The Hall–Kier alpha value is -5.22. The van der Waals surface area contributed by atoms with Gasteiger partial charge in [0.2, 0.25) is 0 Å². The van der Waals surface area contributed by atoms with E-state index >= 15 is 0 Å². The minimum absolute atomic E-state index is 0.0423. The lowest BCUT2D eigenvalue weighted by Crippen LogP contribution is -2.59. The monoisotopic (exact) mass is 677 g/mol. The van der Waals surface area contributed by atoms with E-state index in [-0.39, 0.29) is 30.2 Å². The number of amides is 2. The molecule has 1 aliphatic rings. The van der Waals surface area contributed by atoms with E-state index in [9.17, 15) is 32.4 Å². The zero-order valence-corrected chi connectivity index (χ0v) is 27.5. The van der Waals surface area contributed by atoms with E-state index < -0.39 is 41.3 Å². The van der Waals surface area contributed by atoms with Gasteiger partial charge in [-0.05, 0) is 88.4 Å². The molecule has 0 radical (unpaired) electrons. The summed E-state index contributed by atoms with van der Waals surface area (Å²) in [5, 5.41) is 12.7. The van der Waals surface area contributed by atoms with Crippen LogP contribution in [0, 0.1) is 17.3 Å². The maximum absolute atomic E-state index is 14.3. The topological polar surface area (TPSA) is 118 Å². The van der Waals surface area contributed by atoms with Crippen molar-refractivity contribution >= 4 is 23.3 Å². The molecule has 258 valence electrons. The SMILES string of the molecule is CCN1C(=O)C(NC(=O)c2cccc(C(F)(F)F)c2)C(c2ccc(F)cc2)/C(=C(/N)CN(C#N)CCCCN(C)C)C1=Nc1ccccc1. The van der Waals surface area contributed by atoms with Crippen LogP contribution in [0.5, 0.6) is 0 Å². The Bertz CT molecular complexity index is 1720. The van der Waals surface area contributed by atoms with Crippen molar-refractivity contribution in [2.45, 2.75) is 37.9 Å². The van der Waals surface area contributed by atoms with Crippen LogP contribution in [0.25, 0.3) is 0 Å². The van der Waals surface area contributed by atoms with Gasteiger partial charge in [-0.1, -0.05) is 36.4 Å². The number of nitriles is 1. The quantitative estimate of drug-likeness (QED) is 0.111. The standard InChI is InChI=1S/C36H39F4N7O2/c1-4-47-33(43-28-13-6-5-7-14-28)31(29(42)22-46(23-41)20-9-8-19-45(2)3)30(24-15-17-27(37)18-16-24)32(35(47)49)44-34(48)25-11-10-12-26(21-25)36(38,39)40/h5-7,10-18,21,30,32H,4,8-9,19-20,22,42H2,1-3H3,(H,44,48)/b31-29-,43-33?. The number of piperidine rings is 1. The summed E-state index contributed by atoms with van der Waals surface area (Å²) in [5.74, 6) is -2.93. The second kappa shape index (κ2) is 16.3. The molecule has 13 heteroatoms. The van der Waals surface area contributed by atoms with Gasteiger partial charge in [0.15, 0.2) is 6.19 Å². The second-order valence-electron chi connectivity index (χ2n) is 11.9. The van der Waals surface area contributed by atoms with Gasteiger partial charge < -0.3 is 20.9 Å². The van der Waals surface area contributed by atoms with Gasteiger partial charge in [-0.2, -0.15) is 18.4 Å². The Morgan fingerprint density at radius 1 is 1.02 bits per heavy atom. The molecule has 1 heterocycles. The maximum Gasteiger partial charge on any atom is 0.416 e. The first kappa shape index (κ1) is 36.6. The third kappa shape index (κ3) is 9.23. The van der Waals surface area contributed by atoms with Crippen LogP contribution in [-0.4, -0.2) is 78.7 Å². The highest BCUT2D eigenvalue weighted by Crippen LogP contribution is 2.38. The first-order valence-corrected chi connectivity index (χ1v) is 15.8. The van der Waals surface area contributed by atoms with Gasteiger partial charge in [-0.15, -0.1) is 0 Å². The third-order valence-electron chi connectivity index (χ3n) is 8.08. The Kier molecular flexibility index (Phi) is 12.1. The molecular formula is C36H39F4N7O2. The average Bonchev–Trinajstić information content (AvgIpc) is 3.07. The Morgan fingerprint density at radius 3 is 2.31 bits per heavy atom. The molecule has 9 nitrogen and oxygen atoms in total. The second-order valence-corrected chi connectivity index (χ2v) is 11.9. The molecular weight excluding hydrogens is 638 g/mol. The molecule has 3 aromatic carbocycles. The number of nitrogens with two attached hydrogens (primary N) is 1. The van der Waals surface area contributed by atoms with Crippen molar-refractivity contribution < 1.29 is 27.2 Å². The number of unbranched alkanes of at least 4 members (excludes halogenated alkanes) is 1. The highest BCUT2D eigenvalue weighted by molar-refractivity contribution is 6.15. The van der Waals surface area contributed by atoms with E-state index in [0.29, 0.717) is 35.9 Å². The first-order chi connectivity index (χ1) is 23.3. The van der Waals surface area contributed by atoms with Crippen molar-refractivity contribution in [3.05, 3.63) is 113 Å². The number of rotatable bonds is 12. The summed E-state index contributed by atoms with van der Waals surface area (Å²) in [4.78, 5) is 37.6. The van der Waals surface area contributed by atoms with Crippen molar-refractivity contribution in [2.75, 3.05) is 40.3 Å². The number of hydrogen-bond acceptors (Lipinski definition) is 7. The van der Waals surface area contributed by atoms with Gasteiger partial charge in [0.05, 0.1) is 17.8 Å². The summed E-state index contributed by atoms with van der Waals surface area (Å²) in [5.41, 5.74) is 6.93. The smallest absolute Gasteiger partial charge is 0.400 e. The highest BCUT2D eigenvalue weighted by Gasteiger charge is 2.46. The third-order valence-corrected chi connectivity index (χ3v) is 8.08. The van der Waals surface area contributed by atoms with Gasteiger partial charge in [0.25, 0.3) is 11.8 Å². The number of para-hydroxylation sites is 1. The summed E-state index contributed by atoms with van der Waals surface area (Å²) in [7, 11) is 3.92. The van der Waals surface area contributed by atoms with Crippen molar-refractivity contribution in [2.24, 2.45) is 10.7 Å². The van der Waals surface area contributed by atoms with Crippen LogP contribution in [0.2, 0.25) is 0 Å². The molecule has 0 bridgehead atoms. The first-order valence-electron chi connectivity index (χ1n) is 15.8. The summed E-state index contributed by atoms with van der Waals surface area (Å²) < 4.78 is 54.7. The molecule has 1 fully saturated rings. The zero-order chi connectivity index (χ0) is 35.7. The number of carbonyl (C=O) groups excluding carboxylic acids is 2. The number of aliphatic imine (C=N–C) groups is 1. The summed E-state index contributed by atoms with van der Waals surface area (Å²) in [6, 6.07) is 16.6. The number of likely N-dealkylation sites (N-methyl/N-ethyl adjacent to an activating group) is 1. The van der Waals surface area contributed by atoms with Gasteiger partial charge in [-0.3, -0.25) is 14.5 Å². The van der Waals surface area contributed by atoms with E-state index in [2.05, 4.69) is 11.5 Å². The van der Waals surface area contributed by atoms with Gasteiger partial charge in [0.1, 0.15) is 17.7 Å². The number of alkyl halides is 3. The lowest BCUT2D eigenvalue weighted by Gasteiger charge is -2.41. The molecule has 1 aliphatic heterocycles. The van der Waals surface area contributed by atoms with Crippen LogP contribution >= 0.6 is 0 Å². The van der Waals surface area contributed by atoms with Crippen LogP contribution in [0.15, 0.2) is 95.1 Å². The fourth-order valence-corrected chi connectivity index (χ4v) is 5.68. The molecule has 0 saturated carbocycles. The lowest BCUT2D eigenvalue weighted by atomic mass is 9.78. The lowest BCUT2D eigenvalue weighted by molar-refractivity contribution is -0.137. The Balaban J connectivity index is 1.88. The zero-order valence-electron chi connectivity index (χ0n) is 27.5. The van der Waals surface area contributed by atoms with Crippen LogP contribution in [0.1, 0.15) is 47.2 Å². The fourth-order valence-electron chi connectivity index (χ4n) is 5.68. The van der Waals surface area contributed by atoms with E-state index in [1.54, 1.807) is 37.3 Å². The molecule has 0 aliphatic carbocycles. The van der Waals surface area contributed by atoms with Crippen molar-refractivity contribution in [3.8, 4) is 6.19 Å². The fraction of sp³-hybridized carbons (Fsp3) is 0.333. The molecule has 0 spiro atoms. The molecule has 2 unspecified atom stereocenters. The maximum atomic E-state index is 14.3. The van der Waals surface area contributed by atoms with Crippen LogP contribution in [0.3, 0.4) is 0 Å². The number of hydrogen-bond donors (Lipinski definition) is 2. The van der Waals surface area contributed by atoms with Gasteiger partial charge in [0, 0.05) is 35.8 Å². The molecule has 4 rings (SSSR count). The van der Waals surface area contributed by atoms with Crippen molar-refractivity contribution in [1.82, 2.24) is 20.0 Å². The minimum Gasteiger partial charge on any atom is -0.400 e. The predicted molar refractivity (Wildman–Crippen MR) is 179 cm³/mol. The van der Waals surface area contributed by atoms with Crippen molar-refractivity contribution in [1.29, 1.82) is 5.26 Å². The van der Waals surface area contributed by atoms with Crippen LogP contribution < -0.4 is 11.1 Å². The molecule has 2 atom stereocenters.